The molecule has 4 nitrogen and oxygen atoms in total. The average Bonchev–Trinajstić information content (AvgIpc) is 2.77. The molecule has 0 aliphatic heterocycles. The third-order valence-electron chi connectivity index (χ3n) is 3.81. The first-order chi connectivity index (χ1) is 9.22. The molecule has 1 aromatic rings. The van der Waals surface area contributed by atoms with Crippen molar-refractivity contribution >= 4 is 0 Å². The first-order valence-electron chi connectivity index (χ1n) is 7.10. The Morgan fingerprint density at radius 2 is 2.16 bits per heavy atom. The van der Waals surface area contributed by atoms with Crippen LogP contribution < -0.4 is 5.32 Å². The molecule has 1 aromatic heterocycles. The Morgan fingerprint density at radius 1 is 1.37 bits per heavy atom. The number of furan rings is 1. The van der Waals surface area contributed by atoms with Crippen LogP contribution in [0.15, 0.2) is 10.5 Å². The summed E-state index contributed by atoms with van der Waals surface area (Å²) in [6, 6.07) is 2.09. The van der Waals surface area contributed by atoms with E-state index in [1.807, 2.05) is 14.0 Å². The van der Waals surface area contributed by atoms with Gasteiger partial charge in [0.25, 0.3) is 0 Å². The van der Waals surface area contributed by atoms with Gasteiger partial charge in [0.15, 0.2) is 0 Å². The highest BCUT2D eigenvalue weighted by molar-refractivity contribution is 5.19. The first-order valence-corrected chi connectivity index (χ1v) is 7.10. The van der Waals surface area contributed by atoms with Crippen molar-refractivity contribution in [1.29, 1.82) is 0 Å². The van der Waals surface area contributed by atoms with Crippen molar-refractivity contribution in [2.45, 2.75) is 58.0 Å². The lowest BCUT2D eigenvalue weighted by atomic mass is 9.95. The summed E-state index contributed by atoms with van der Waals surface area (Å²) in [5, 5.41) is 3.09. The topological polar surface area (TPSA) is 43.6 Å². The molecular weight excluding hydrogens is 242 g/mol. The number of hydrogen-bond donors (Lipinski definition) is 1. The second-order valence-corrected chi connectivity index (χ2v) is 5.28. The fourth-order valence-corrected chi connectivity index (χ4v) is 2.67. The summed E-state index contributed by atoms with van der Waals surface area (Å²) in [7, 11) is 3.71. The minimum absolute atomic E-state index is 0.320. The third-order valence-corrected chi connectivity index (χ3v) is 3.81. The Balaban J connectivity index is 1.84. The third kappa shape index (κ3) is 4.06. The van der Waals surface area contributed by atoms with Crippen molar-refractivity contribution in [1.82, 2.24) is 5.32 Å². The van der Waals surface area contributed by atoms with E-state index in [-0.39, 0.29) is 0 Å². The molecule has 0 aromatic carbocycles. The van der Waals surface area contributed by atoms with Crippen LogP contribution in [0.1, 0.15) is 42.8 Å². The van der Waals surface area contributed by atoms with Crippen LogP contribution in [0.4, 0.5) is 0 Å². The zero-order valence-electron chi connectivity index (χ0n) is 12.2. The molecule has 0 spiro atoms. The lowest BCUT2D eigenvalue weighted by Crippen LogP contribution is -2.27. The molecule has 108 valence electrons. The van der Waals surface area contributed by atoms with Crippen LogP contribution >= 0.6 is 0 Å². The van der Waals surface area contributed by atoms with Gasteiger partial charge in [-0.15, -0.1) is 0 Å². The Morgan fingerprint density at radius 3 is 2.89 bits per heavy atom. The minimum atomic E-state index is 0.320. The molecule has 2 unspecified atom stereocenters. The summed E-state index contributed by atoms with van der Waals surface area (Å²) in [5.74, 6) is 1.93. The second kappa shape index (κ2) is 7.08. The molecule has 0 amide bonds. The van der Waals surface area contributed by atoms with Crippen molar-refractivity contribution in [2.24, 2.45) is 0 Å². The number of hydrogen-bond acceptors (Lipinski definition) is 4. The summed E-state index contributed by atoms with van der Waals surface area (Å²) < 4.78 is 17.1. The maximum absolute atomic E-state index is 6.01. The van der Waals surface area contributed by atoms with E-state index >= 15 is 0 Å². The molecular formula is C15H25NO3. The Bertz CT molecular complexity index is 389. The van der Waals surface area contributed by atoms with E-state index in [1.54, 1.807) is 7.11 Å². The van der Waals surface area contributed by atoms with Crippen LogP contribution in [-0.4, -0.2) is 26.4 Å². The molecule has 19 heavy (non-hydrogen) atoms. The molecule has 1 saturated carbocycles. The Labute approximate surface area is 115 Å². The van der Waals surface area contributed by atoms with Gasteiger partial charge in [-0.25, -0.2) is 0 Å². The quantitative estimate of drug-likeness (QED) is 0.860. The molecule has 1 N–H and O–H groups in total. The lowest BCUT2D eigenvalue weighted by molar-refractivity contribution is -0.0365. The van der Waals surface area contributed by atoms with Crippen LogP contribution in [0.25, 0.3) is 0 Å². The largest absolute Gasteiger partial charge is 0.465 e. The minimum Gasteiger partial charge on any atom is -0.465 e. The standard InChI is InChI=1S/C15H25NO3/c1-11-12(7-15(19-11)9-16-2)10-18-14-6-4-5-13(8-14)17-3/h7,13-14,16H,4-6,8-10H2,1-3H3. The number of aryl methyl sites for hydroxylation is 1. The van der Waals surface area contributed by atoms with E-state index in [2.05, 4.69) is 11.4 Å². The molecule has 4 heteroatoms. The van der Waals surface area contributed by atoms with Crippen LogP contribution in [-0.2, 0) is 22.6 Å². The zero-order valence-corrected chi connectivity index (χ0v) is 12.2. The van der Waals surface area contributed by atoms with Gasteiger partial charge in [0.05, 0.1) is 25.4 Å². The summed E-state index contributed by atoms with van der Waals surface area (Å²) in [5.41, 5.74) is 1.16. The number of nitrogens with one attached hydrogen (secondary N) is 1. The summed E-state index contributed by atoms with van der Waals surface area (Å²) >= 11 is 0. The lowest BCUT2D eigenvalue weighted by Gasteiger charge is -2.28. The predicted octanol–water partition coefficient (Wildman–Crippen LogP) is 2.78. The second-order valence-electron chi connectivity index (χ2n) is 5.28. The highest BCUT2D eigenvalue weighted by Crippen LogP contribution is 2.25. The predicted molar refractivity (Wildman–Crippen MR) is 74.1 cm³/mol. The van der Waals surface area contributed by atoms with Crippen molar-refractivity contribution in [3.05, 3.63) is 23.2 Å². The van der Waals surface area contributed by atoms with E-state index < -0.39 is 0 Å². The van der Waals surface area contributed by atoms with Crippen LogP contribution in [0.2, 0.25) is 0 Å². The average molecular weight is 267 g/mol. The van der Waals surface area contributed by atoms with E-state index in [4.69, 9.17) is 13.9 Å². The fraction of sp³-hybridized carbons (Fsp3) is 0.733. The van der Waals surface area contributed by atoms with E-state index in [0.717, 1.165) is 42.9 Å². The fourth-order valence-electron chi connectivity index (χ4n) is 2.67. The van der Waals surface area contributed by atoms with Crippen molar-refractivity contribution < 1.29 is 13.9 Å². The van der Waals surface area contributed by atoms with Gasteiger partial charge in [-0.1, -0.05) is 0 Å². The number of methoxy groups -OCH3 is 1. The first kappa shape index (κ1) is 14.6. The van der Waals surface area contributed by atoms with Gasteiger partial charge >= 0.3 is 0 Å². The molecule has 0 saturated heterocycles. The van der Waals surface area contributed by atoms with Gasteiger partial charge in [-0.2, -0.15) is 0 Å². The van der Waals surface area contributed by atoms with Crippen molar-refractivity contribution in [2.75, 3.05) is 14.2 Å². The van der Waals surface area contributed by atoms with Crippen LogP contribution in [0.3, 0.4) is 0 Å². The smallest absolute Gasteiger partial charge is 0.118 e. The summed E-state index contributed by atoms with van der Waals surface area (Å²) in [4.78, 5) is 0. The van der Waals surface area contributed by atoms with Gasteiger partial charge in [0.2, 0.25) is 0 Å². The molecule has 1 fully saturated rings. The van der Waals surface area contributed by atoms with Gasteiger partial charge < -0.3 is 19.2 Å². The highest BCUT2D eigenvalue weighted by Gasteiger charge is 2.22. The molecule has 1 aliphatic carbocycles. The van der Waals surface area contributed by atoms with E-state index in [9.17, 15) is 0 Å². The molecule has 0 radical (unpaired) electrons. The van der Waals surface area contributed by atoms with Crippen LogP contribution in [0.5, 0.6) is 0 Å². The SMILES string of the molecule is CNCc1cc(COC2CCCC(OC)C2)c(C)o1. The van der Waals surface area contributed by atoms with Gasteiger partial charge in [0, 0.05) is 12.7 Å². The van der Waals surface area contributed by atoms with Gasteiger partial charge in [-0.3, -0.25) is 0 Å². The Hall–Kier alpha value is -0.840. The Kier molecular flexibility index (Phi) is 5.43. The monoisotopic (exact) mass is 267 g/mol. The van der Waals surface area contributed by atoms with Crippen LogP contribution in [0, 0.1) is 6.92 Å². The zero-order chi connectivity index (χ0) is 13.7. The van der Waals surface area contributed by atoms with Crippen molar-refractivity contribution in [3.63, 3.8) is 0 Å². The van der Waals surface area contributed by atoms with Crippen molar-refractivity contribution in [3.8, 4) is 0 Å². The maximum Gasteiger partial charge on any atom is 0.118 e. The molecule has 0 bridgehead atoms. The summed E-state index contributed by atoms with van der Waals surface area (Å²) in [6.07, 6.45) is 5.19. The van der Waals surface area contributed by atoms with Gasteiger partial charge in [0.1, 0.15) is 11.5 Å². The van der Waals surface area contributed by atoms with Gasteiger partial charge in [-0.05, 0) is 45.7 Å². The van der Waals surface area contributed by atoms with E-state index in [0.29, 0.717) is 18.8 Å². The summed E-state index contributed by atoms with van der Waals surface area (Å²) in [6.45, 7) is 3.40. The number of rotatable bonds is 6. The molecule has 1 heterocycles. The normalized spacial score (nSPS) is 23.7. The number of ether oxygens (including phenoxy) is 2. The molecule has 2 rings (SSSR count). The van der Waals surface area contributed by atoms with E-state index in [1.165, 1.54) is 6.42 Å². The molecule has 1 aliphatic rings. The highest BCUT2D eigenvalue weighted by atomic mass is 16.5. The molecule has 2 atom stereocenters. The maximum atomic E-state index is 6.01.